The van der Waals surface area contributed by atoms with Gasteiger partial charge in [-0.2, -0.15) is 0 Å². The number of hydrogen-bond donors (Lipinski definition) is 1. The van der Waals surface area contributed by atoms with E-state index in [1.54, 1.807) is 0 Å². The molecule has 0 aliphatic carbocycles. The zero-order chi connectivity index (χ0) is 12.3. The van der Waals surface area contributed by atoms with Gasteiger partial charge >= 0.3 is 5.97 Å². The van der Waals surface area contributed by atoms with Crippen molar-refractivity contribution in [3.8, 4) is 0 Å². The Hall–Kier alpha value is -1.39. The summed E-state index contributed by atoms with van der Waals surface area (Å²) in [6.45, 7) is 2.72. The second kappa shape index (κ2) is 5.29. The summed E-state index contributed by atoms with van der Waals surface area (Å²) < 4.78 is 4.61. The molecule has 0 spiro atoms. The van der Waals surface area contributed by atoms with E-state index in [1.165, 1.54) is 18.2 Å². The molecular weight excluding hydrogens is 216 g/mol. The number of ether oxygens (including phenoxy) is 1. The number of rotatable bonds is 4. The maximum Gasteiger partial charge on any atom is 0.322 e. The number of carbonyl (C=O) groups is 1. The molecule has 0 radical (unpaired) electrons. The van der Waals surface area contributed by atoms with Gasteiger partial charge in [0.15, 0.2) is 0 Å². The summed E-state index contributed by atoms with van der Waals surface area (Å²) in [6.07, 6.45) is 0.640. The lowest BCUT2D eigenvalue weighted by molar-refractivity contribution is -0.142. The lowest BCUT2D eigenvalue weighted by atomic mass is 10.1. The standard InChI is InChI=1S/C13H18N2O2/c1-17-13(16)12(14)6-7-15-8-10-4-2-3-5-11(10)9-15/h2-5,12H,6-9,14H2,1H3. The minimum absolute atomic E-state index is 0.332. The van der Waals surface area contributed by atoms with Crippen LogP contribution in [0.4, 0.5) is 0 Å². The average Bonchev–Trinajstić information content (AvgIpc) is 2.77. The topological polar surface area (TPSA) is 55.6 Å². The van der Waals surface area contributed by atoms with E-state index in [4.69, 9.17) is 5.73 Å². The molecule has 2 N–H and O–H groups in total. The van der Waals surface area contributed by atoms with Gasteiger partial charge in [-0.1, -0.05) is 24.3 Å². The maximum atomic E-state index is 11.2. The first kappa shape index (κ1) is 12.1. The second-order valence-electron chi connectivity index (χ2n) is 4.40. The zero-order valence-corrected chi connectivity index (χ0v) is 10.1. The van der Waals surface area contributed by atoms with E-state index in [9.17, 15) is 4.79 Å². The van der Waals surface area contributed by atoms with Crippen LogP contribution < -0.4 is 5.73 Å². The molecule has 0 fully saturated rings. The van der Waals surface area contributed by atoms with E-state index in [-0.39, 0.29) is 5.97 Å². The van der Waals surface area contributed by atoms with Crippen LogP contribution in [0.25, 0.3) is 0 Å². The third-order valence-corrected chi connectivity index (χ3v) is 3.17. The van der Waals surface area contributed by atoms with Crippen molar-refractivity contribution in [1.82, 2.24) is 4.90 Å². The number of esters is 1. The van der Waals surface area contributed by atoms with Gasteiger partial charge in [0.1, 0.15) is 6.04 Å². The minimum Gasteiger partial charge on any atom is -0.468 e. The van der Waals surface area contributed by atoms with Crippen LogP contribution >= 0.6 is 0 Å². The molecule has 2 rings (SSSR count). The van der Waals surface area contributed by atoms with E-state index < -0.39 is 6.04 Å². The number of nitrogens with zero attached hydrogens (tertiary/aromatic N) is 1. The van der Waals surface area contributed by atoms with Crippen molar-refractivity contribution in [3.05, 3.63) is 35.4 Å². The SMILES string of the molecule is COC(=O)C(N)CCN1Cc2ccccc2C1. The Morgan fingerprint density at radius 2 is 2.00 bits per heavy atom. The highest BCUT2D eigenvalue weighted by molar-refractivity contribution is 5.75. The molecule has 4 heteroatoms. The number of nitrogens with two attached hydrogens (primary N) is 1. The highest BCUT2D eigenvalue weighted by atomic mass is 16.5. The summed E-state index contributed by atoms with van der Waals surface area (Å²) in [7, 11) is 1.37. The van der Waals surface area contributed by atoms with Gasteiger partial charge in [0.25, 0.3) is 0 Å². The predicted molar refractivity (Wildman–Crippen MR) is 65.2 cm³/mol. The Bertz CT molecular complexity index is 381. The monoisotopic (exact) mass is 234 g/mol. The first-order valence-electron chi connectivity index (χ1n) is 5.83. The van der Waals surface area contributed by atoms with Gasteiger partial charge < -0.3 is 10.5 Å². The quantitative estimate of drug-likeness (QED) is 0.786. The van der Waals surface area contributed by atoms with Crippen LogP contribution in [0.15, 0.2) is 24.3 Å². The van der Waals surface area contributed by atoms with Gasteiger partial charge in [0.05, 0.1) is 7.11 Å². The molecule has 1 unspecified atom stereocenters. The Morgan fingerprint density at radius 3 is 2.53 bits per heavy atom. The fourth-order valence-corrected chi connectivity index (χ4v) is 2.15. The van der Waals surface area contributed by atoms with Gasteiger partial charge in [0.2, 0.25) is 0 Å². The Morgan fingerprint density at radius 1 is 1.41 bits per heavy atom. The fraction of sp³-hybridized carbons (Fsp3) is 0.462. The molecule has 1 aromatic carbocycles. The van der Waals surface area contributed by atoms with Crippen molar-refractivity contribution >= 4 is 5.97 Å². The van der Waals surface area contributed by atoms with Crippen molar-refractivity contribution in [2.24, 2.45) is 5.73 Å². The summed E-state index contributed by atoms with van der Waals surface area (Å²) in [4.78, 5) is 13.5. The highest BCUT2D eigenvalue weighted by Gasteiger charge is 2.20. The molecule has 0 aromatic heterocycles. The Labute approximate surface area is 101 Å². The van der Waals surface area contributed by atoms with Crippen molar-refractivity contribution in [2.45, 2.75) is 25.6 Å². The van der Waals surface area contributed by atoms with Crippen LogP contribution in [0.2, 0.25) is 0 Å². The second-order valence-corrected chi connectivity index (χ2v) is 4.40. The summed E-state index contributed by atoms with van der Waals surface area (Å²) in [5, 5.41) is 0. The smallest absolute Gasteiger partial charge is 0.322 e. The Balaban J connectivity index is 1.82. The molecule has 17 heavy (non-hydrogen) atoms. The molecule has 1 aliphatic rings. The lowest BCUT2D eigenvalue weighted by Gasteiger charge is -2.16. The normalized spacial score (nSPS) is 16.6. The summed E-state index contributed by atoms with van der Waals surface area (Å²) >= 11 is 0. The lowest BCUT2D eigenvalue weighted by Crippen LogP contribution is -2.35. The number of fused-ring (bicyclic) bond motifs is 1. The zero-order valence-electron chi connectivity index (χ0n) is 10.1. The van der Waals surface area contributed by atoms with Gasteiger partial charge in [-0.05, 0) is 17.5 Å². The van der Waals surface area contributed by atoms with E-state index in [1.807, 2.05) is 0 Å². The van der Waals surface area contributed by atoms with Crippen LogP contribution in [0.3, 0.4) is 0 Å². The molecule has 4 nitrogen and oxygen atoms in total. The van der Waals surface area contributed by atoms with Crippen LogP contribution in [-0.2, 0) is 22.6 Å². The molecule has 0 saturated carbocycles. The largest absolute Gasteiger partial charge is 0.468 e. The first-order valence-corrected chi connectivity index (χ1v) is 5.83. The molecule has 0 saturated heterocycles. The van der Waals surface area contributed by atoms with E-state index in [0.717, 1.165) is 19.6 Å². The molecule has 1 heterocycles. The molecule has 1 aromatic rings. The summed E-state index contributed by atoms with van der Waals surface area (Å²) in [5.41, 5.74) is 8.46. The molecule has 1 aliphatic heterocycles. The third kappa shape index (κ3) is 2.84. The molecule has 0 bridgehead atoms. The third-order valence-electron chi connectivity index (χ3n) is 3.17. The summed E-state index contributed by atoms with van der Waals surface area (Å²) in [6, 6.07) is 7.90. The van der Waals surface area contributed by atoms with Crippen LogP contribution in [-0.4, -0.2) is 30.6 Å². The van der Waals surface area contributed by atoms with Crippen LogP contribution in [0, 0.1) is 0 Å². The predicted octanol–water partition coefficient (Wildman–Crippen LogP) is 0.893. The van der Waals surface area contributed by atoms with E-state index in [0.29, 0.717) is 6.42 Å². The van der Waals surface area contributed by atoms with Crippen LogP contribution in [0.5, 0.6) is 0 Å². The first-order chi connectivity index (χ1) is 8.20. The number of carbonyl (C=O) groups excluding carboxylic acids is 1. The van der Waals surface area contributed by atoms with Crippen molar-refractivity contribution in [1.29, 1.82) is 0 Å². The van der Waals surface area contributed by atoms with Crippen molar-refractivity contribution in [2.75, 3.05) is 13.7 Å². The molecule has 0 amide bonds. The van der Waals surface area contributed by atoms with Gasteiger partial charge in [-0.15, -0.1) is 0 Å². The molecule has 1 atom stereocenters. The van der Waals surface area contributed by atoms with E-state index in [2.05, 4.69) is 33.9 Å². The fourth-order valence-electron chi connectivity index (χ4n) is 2.15. The highest BCUT2D eigenvalue weighted by Crippen LogP contribution is 2.22. The van der Waals surface area contributed by atoms with Crippen LogP contribution in [0.1, 0.15) is 17.5 Å². The van der Waals surface area contributed by atoms with Crippen molar-refractivity contribution in [3.63, 3.8) is 0 Å². The van der Waals surface area contributed by atoms with Crippen molar-refractivity contribution < 1.29 is 9.53 Å². The molecular formula is C13H18N2O2. The van der Waals surface area contributed by atoms with Gasteiger partial charge in [0, 0.05) is 19.6 Å². The van der Waals surface area contributed by atoms with Gasteiger partial charge in [-0.25, -0.2) is 0 Å². The average molecular weight is 234 g/mol. The molecule has 92 valence electrons. The Kier molecular flexibility index (Phi) is 3.76. The number of benzene rings is 1. The maximum absolute atomic E-state index is 11.2. The number of hydrogen-bond acceptors (Lipinski definition) is 4. The number of methoxy groups -OCH3 is 1. The van der Waals surface area contributed by atoms with Gasteiger partial charge in [-0.3, -0.25) is 9.69 Å². The van der Waals surface area contributed by atoms with E-state index >= 15 is 0 Å². The minimum atomic E-state index is -0.510. The summed E-state index contributed by atoms with van der Waals surface area (Å²) in [5.74, 6) is -0.332.